The summed E-state index contributed by atoms with van der Waals surface area (Å²) >= 11 is 6.76. The number of benzene rings is 1. The summed E-state index contributed by atoms with van der Waals surface area (Å²) in [6.07, 6.45) is 1.84. The molecule has 1 aromatic carbocycles. The Morgan fingerprint density at radius 1 is 1.10 bits per heavy atom. The minimum absolute atomic E-state index is 0.534. The first-order valence-corrected chi connectivity index (χ1v) is 11.1. The third-order valence-electron chi connectivity index (χ3n) is 5.90. The first-order chi connectivity index (χ1) is 14.1. The molecule has 0 fully saturated rings. The maximum Gasteiger partial charge on any atom is 0.737 e. The smallest absolute Gasteiger partial charge is 0.497 e. The second-order valence-corrected chi connectivity index (χ2v) is 10.4. The van der Waals surface area contributed by atoms with E-state index in [-0.39, 0.29) is 0 Å². The van der Waals surface area contributed by atoms with Crippen LogP contribution in [-0.2, 0) is 0 Å². The SMILES string of the molecule is COc1ccc(C2=C3C(C)=C(C=C(Br)Br)C(C)=[N+]3[B-](F)(F)n3c(C)cc(C)c32)cc1. The van der Waals surface area contributed by atoms with Crippen LogP contribution in [0.5, 0.6) is 5.75 Å². The molecular weight excluding hydrogens is 517 g/mol. The molecule has 3 nitrogen and oxygen atoms in total. The van der Waals surface area contributed by atoms with Gasteiger partial charge in [0.05, 0.1) is 16.1 Å². The van der Waals surface area contributed by atoms with Crippen molar-refractivity contribution in [3.63, 3.8) is 0 Å². The van der Waals surface area contributed by atoms with E-state index in [0.29, 0.717) is 26.2 Å². The molecular formula is C22H21BBr2F2N2O. The minimum Gasteiger partial charge on any atom is -0.497 e. The van der Waals surface area contributed by atoms with Gasteiger partial charge >= 0.3 is 6.97 Å². The van der Waals surface area contributed by atoms with Gasteiger partial charge in [0.2, 0.25) is 0 Å². The van der Waals surface area contributed by atoms with Crippen LogP contribution < -0.4 is 4.74 Å². The predicted octanol–water partition coefficient (Wildman–Crippen LogP) is 6.54. The fourth-order valence-corrected chi connectivity index (χ4v) is 5.15. The lowest BCUT2D eigenvalue weighted by Gasteiger charge is -2.34. The normalized spacial score (nSPS) is 17.4. The highest BCUT2D eigenvalue weighted by Crippen LogP contribution is 2.46. The third kappa shape index (κ3) is 2.99. The Morgan fingerprint density at radius 3 is 2.30 bits per heavy atom. The quantitative estimate of drug-likeness (QED) is 0.406. The first-order valence-electron chi connectivity index (χ1n) is 9.56. The number of ether oxygens (including phenoxy) is 1. The summed E-state index contributed by atoms with van der Waals surface area (Å²) in [6, 6.07) is 9.42. The Labute approximate surface area is 191 Å². The van der Waals surface area contributed by atoms with Crippen LogP contribution >= 0.6 is 31.9 Å². The number of rotatable bonds is 3. The summed E-state index contributed by atoms with van der Waals surface area (Å²) in [5, 5.41) is 0. The number of aromatic nitrogens is 1. The molecule has 2 aromatic rings. The molecule has 30 heavy (non-hydrogen) atoms. The molecule has 0 bridgehead atoms. The molecule has 0 unspecified atom stereocenters. The molecule has 2 aliphatic heterocycles. The van der Waals surface area contributed by atoms with Gasteiger partial charge in [0.1, 0.15) is 11.5 Å². The fourth-order valence-electron chi connectivity index (χ4n) is 4.69. The summed E-state index contributed by atoms with van der Waals surface area (Å²) in [4.78, 5) is 0. The molecule has 4 rings (SSSR count). The van der Waals surface area contributed by atoms with Gasteiger partial charge in [-0.1, -0.05) is 12.1 Å². The Balaban J connectivity index is 2.16. The van der Waals surface area contributed by atoms with Crippen molar-refractivity contribution in [3.8, 4) is 5.75 Å². The molecule has 156 valence electrons. The topological polar surface area (TPSA) is 17.2 Å². The van der Waals surface area contributed by atoms with Crippen molar-refractivity contribution in [2.75, 3.05) is 7.11 Å². The summed E-state index contributed by atoms with van der Waals surface area (Å²) < 4.78 is 40.4. The molecule has 0 radical (unpaired) electrons. The largest absolute Gasteiger partial charge is 0.737 e. The lowest BCUT2D eigenvalue weighted by Crippen LogP contribution is -2.51. The molecule has 0 N–H and O–H groups in total. The number of nitrogens with zero attached hydrogens (tertiary/aromatic N) is 2. The van der Waals surface area contributed by atoms with Crippen molar-refractivity contribution in [3.05, 3.63) is 79.2 Å². The lowest BCUT2D eigenvalue weighted by atomic mass is 9.84. The minimum atomic E-state index is -4.03. The van der Waals surface area contributed by atoms with E-state index in [2.05, 4.69) is 31.9 Å². The summed E-state index contributed by atoms with van der Waals surface area (Å²) in [5.74, 6) is 0.725. The molecule has 1 aromatic heterocycles. The van der Waals surface area contributed by atoms with Crippen LogP contribution in [0.1, 0.15) is 36.4 Å². The number of allylic oxidation sites excluding steroid dienone is 3. The number of halogens is 4. The van der Waals surface area contributed by atoms with E-state index in [1.54, 1.807) is 21.0 Å². The Hall–Kier alpha value is -1.93. The van der Waals surface area contributed by atoms with Crippen molar-refractivity contribution >= 4 is 50.1 Å². The number of hydrogen-bond donors (Lipinski definition) is 0. The zero-order valence-corrected chi connectivity index (χ0v) is 20.5. The van der Waals surface area contributed by atoms with E-state index in [1.807, 2.05) is 50.3 Å². The van der Waals surface area contributed by atoms with Gasteiger partial charge in [-0.2, -0.15) is 0 Å². The Bertz CT molecular complexity index is 1200. The molecule has 2 aliphatic rings. The zero-order valence-electron chi connectivity index (χ0n) is 17.4. The zero-order chi connectivity index (χ0) is 22.0. The average Bonchev–Trinajstić information content (AvgIpc) is 3.11. The van der Waals surface area contributed by atoms with E-state index in [1.165, 1.54) is 8.96 Å². The van der Waals surface area contributed by atoms with E-state index in [0.717, 1.165) is 33.6 Å². The van der Waals surface area contributed by atoms with Crippen molar-refractivity contribution in [2.24, 2.45) is 0 Å². The standard InChI is InChI=1S/C22H21BBr2F2N2O/c1-12-10-13(2)28-21(12)20(16-6-8-17(30-5)9-7-16)22-14(3)18(11-19(24)25)15(4)29(22)23(28,26)27/h6-11H,1-5H3. The number of methoxy groups -OCH3 is 1. The van der Waals surface area contributed by atoms with Crippen molar-refractivity contribution in [1.29, 1.82) is 0 Å². The van der Waals surface area contributed by atoms with Crippen LogP contribution in [0.2, 0.25) is 0 Å². The van der Waals surface area contributed by atoms with E-state index >= 15 is 8.63 Å². The average molecular weight is 538 g/mol. The summed E-state index contributed by atoms with van der Waals surface area (Å²) in [6.45, 7) is 3.26. The van der Waals surface area contributed by atoms with E-state index < -0.39 is 6.97 Å². The van der Waals surface area contributed by atoms with Gasteiger partial charge in [-0.15, -0.1) is 0 Å². The Morgan fingerprint density at radius 2 is 1.73 bits per heavy atom. The second-order valence-electron chi connectivity index (χ2n) is 7.66. The van der Waals surface area contributed by atoms with Gasteiger partial charge in [-0.05, 0) is 93.7 Å². The van der Waals surface area contributed by atoms with Crippen LogP contribution in [-0.4, -0.2) is 28.8 Å². The Kier molecular flexibility index (Phi) is 5.22. The third-order valence-corrected chi connectivity index (χ3v) is 6.36. The highest BCUT2D eigenvalue weighted by atomic mass is 79.9. The molecule has 0 saturated heterocycles. The van der Waals surface area contributed by atoms with Crippen molar-refractivity contribution in [2.45, 2.75) is 27.7 Å². The highest BCUT2D eigenvalue weighted by Gasteiger charge is 2.56. The maximum absolute atomic E-state index is 16.0. The maximum atomic E-state index is 16.0. The van der Waals surface area contributed by atoms with Gasteiger partial charge in [0.15, 0.2) is 5.70 Å². The van der Waals surface area contributed by atoms with E-state index in [4.69, 9.17) is 4.74 Å². The molecule has 3 heterocycles. The summed E-state index contributed by atoms with van der Waals surface area (Å²) in [5.41, 5.74) is 6.33. The van der Waals surface area contributed by atoms with Crippen LogP contribution in [0.15, 0.2) is 56.6 Å². The molecule has 0 amide bonds. The molecule has 8 heteroatoms. The van der Waals surface area contributed by atoms with Gasteiger partial charge in [-0.25, -0.2) is 0 Å². The van der Waals surface area contributed by atoms with Crippen LogP contribution in [0, 0.1) is 13.8 Å². The molecule has 0 saturated carbocycles. The van der Waals surface area contributed by atoms with Gasteiger partial charge in [0.25, 0.3) is 0 Å². The number of hydrogen-bond acceptors (Lipinski definition) is 1. The molecule has 0 atom stereocenters. The lowest BCUT2D eigenvalue weighted by molar-refractivity contribution is -0.363. The van der Waals surface area contributed by atoms with Crippen LogP contribution in [0.4, 0.5) is 8.63 Å². The van der Waals surface area contributed by atoms with E-state index in [9.17, 15) is 0 Å². The number of fused-ring (bicyclic) bond motifs is 2. The monoisotopic (exact) mass is 536 g/mol. The van der Waals surface area contributed by atoms with Crippen molar-refractivity contribution < 1.29 is 17.9 Å². The molecule has 0 aliphatic carbocycles. The van der Waals surface area contributed by atoms with Gasteiger partial charge in [-0.3, -0.25) is 0 Å². The van der Waals surface area contributed by atoms with Crippen LogP contribution in [0.25, 0.3) is 5.57 Å². The van der Waals surface area contributed by atoms with Crippen LogP contribution in [0.3, 0.4) is 0 Å². The summed E-state index contributed by atoms with van der Waals surface area (Å²) in [7, 11) is 1.61. The van der Waals surface area contributed by atoms with Gasteiger partial charge in [0, 0.05) is 23.8 Å². The fraction of sp³-hybridized carbons (Fsp3) is 0.227. The predicted molar refractivity (Wildman–Crippen MR) is 126 cm³/mol. The number of aryl methyl sites for hydroxylation is 2. The second kappa shape index (κ2) is 7.34. The van der Waals surface area contributed by atoms with Gasteiger partial charge < -0.3 is 22.3 Å². The first kappa shape index (κ1) is 21.3. The highest BCUT2D eigenvalue weighted by molar-refractivity contribution is 9.28. The van der Waals surface area contributed by atoms with Crippen molar-refractivity contribution in [1.82, 2.24) is 4.48 Å². The molecule has 0 spiro atoms.